The molecule has 5 nitrogen and oxygen atoms in total. The number of aromatic nitrogens is 2. The second kappa shape index (κ2) is 9.42. The zero-order valence-corrected chi connectivity index (χ0v) is 18.0. The lowest BCUT2D eigenvalue weighted by Crippen LogP contribution is -2.31. The summed E-state index contributed by atoms with van der Waals surface area (Å²) in [5.74, 6) is 0.309. The number of amides is 1. The molecule has 0 bridgehead atoms. The third-order valence-corrected chi connectivity index (χ3v) is 5.57. The molecule has 1 unspecified atom stereocenters. The minimum atomic E-state index is -0.220. The minimum Gasteiger partial charge on any atom is -0.304 e. The van der Waals surface area contributed by atoms with Gasteiger partial charge < -0.3 is 4.57 Å². The van der Waals surface area contributed by atoms with Crippen LogP contribution in [0.2, 0.25) is 5.02 Å². The molecule has 1 amide bonds. The van der Waals surface area contributed by atoms with E-state index in [0.717, 1.165) is 55.5 Å². The molecule has 1 aromatic carbocycles. The van der Waals surface area contributed by atoms with Crippen molar-refractivity contribution in [2.45, 2.75) is 39.2 Å². The van der Waals surface area contributed by atoms with Crippen LogP contribution in [-0.4, -0.2) is 40.0 Å². The van der Waals surface area contributed by atoms with Crippen molar-refractivity contribution < 1.29 is 4.79 Å². The van der Waals surface area contributed by atoms with Gasteiger partial charge in [0.05, 0.1) is 16.1 Å². The molecular formula is C23H29ClN4O. The third kappa shape index (κ3) is 4.80. The molecule has 1 atom stereocenters. The predicted molar refractivity (Wildman–Crippen MR) is 121 cm³/mol. The van der Waals surface area contributed by atoms with Gasteiger partial charge in [0, 0.05) is 24.7 Å². The molecule has 29 heavy (non-hydrogen) atoms. The van der Waals surface area contributed by atoms with Crippen LogP contribution in [-0.2, 0) is 4.79 Å². The van der Waals surface area contributed by atoms with Gasteiger partial charge in [0.2, 0.25) is 5.95 Å². The Balaban J connectivity index is 2.05. The van der Waals surface area contributed by atoms with Crippen LogP contribution in [0.3, 0.4) is 0 Å². The number of para-hydroxylation sites is 1. The summed E-state index contributed by atoms with van der Waals surface area (Å²) in [4.78, 5) is 19.8. The molecule has 0 aliphatic carbocycles. The van der Waals surface area contributed by atoms with Crippen LogP contribution in [0.15, 0.2) is 54.7 Å². The van der Waals surface area contributed by atoms with Gasteiger partial charge >= 0.3 is 0 Å². The summed E-state index contributed by atoms with van der Waals surface area (Å²) in [6, 6.07) is 5.85. The molecule has 1 aliphatic rings. The highest BCUT2D eigenvalue weighted by Crippen LogP contribution is 2.34. The standard InChI is InChI=1S/C23H29ClN4O/c1-5-17(6-2)22(29)26-23-25-20-12-9-11-19(24)21(20)28(23)18-10-7-8-13-27(15-18)14-16(3)4/h5-6,9,11-12,18H,1,3,7-8,10,13-15H2,2,4H3,(H,25,26,29)/b17-6+. The van der Waals surface area contributed by atoms with Crippen LogP contribution in [0.4, 0.5) is 5.95 Å². The molecule has 2 heterocycles. The van der Waals surface area contributed by atoms with E-state index in [1.165, 1.54) is 0 Å². The van der Waals surface area contributed by atoms with Crippen LogP contribution < -0.4 is 5.32 Å². The predicted octanol–water partition coefficient (Wildman–Crippen LogP) is 5.36. The fourth-order valence-electron chi connectivity index (χ4n) is 4.00. The third-order valence-electron chi connectivity index (χ3n) is 5.27. The van der Waals surface area contributed by atoms with Crippen molar-refractivity contribution in [1.82, 2.24) is 14.5 Å². The van der Waals surface area contributed by atoms with Crippen LogP contribution in [0.1, 0.15) is 39.2 Å². The van der Waals surface area contributed by atoms with Gasteiger partial charge in [-0.3, -0.25) is 15.0 Å². The van der Waals surface area contributed by atoms with E-state index in [-0.39, 0.29) is 11.9 Å². The molecule has 1 N–H and O–H groups in total. The number of hydrogen-bond acceptors (Lipinski definition) is 3. The minimum absolute atomic E-state index is 0.162. The highest BCUT2D eigenvalue weighted by Gasteiger charge is 2.26. The maximum atomic E-state index is 12.7. The van der Waals surface area contributed by atoms with E-state index in [4.69, 9.17) is 16.6 Å². The van der Waals surface area contributed by atoms with Crippen LogP contribution in [0.25, 0.3) is 11.0 Å². The molecule has 0 saturated carbocycles. The number of likely N-dealkylation sites (tertiary alicyclic amines) is 1. The van der Waals surface area contributed by atoms with Gasteiger partial charge in [-0.15, -0.1) is 0 Å². The number of allylic oxidation sites excluding steroid dienone is 1. The Hall–Kier alpha value is -2.37. The molecule has 0 spiro atoms. The zero-order chi connectivity index (χ0) is 21.0. The average molecular weight is 413 g/mol. The number of nitrogens with one attached hydrogen (secondary N) is 1. The summed E-state index contributed by atoms with van der Waals surface area (Å²) in [5, 5.41) is 3.62. The number of carbonyl (C=O) groups is 1. The number of imidazole rings is 1. The number of nitrogens with zero attached hydrogens (tertiary/aromatic N) is 3. The van der Waals surface area contributed by atoms with E-state index in [0.29, 0.717) is 16.5 Å². The molecule has 1 aromatic heterocycles. The van der Waals surface area contributed by atoms with Gasteiger partial charge in [-0.1, -0.05) is 55.0 Å². The fourth-order valence-corrected chi connectivity index (χ4v) is 4.26. The summed E-state index contributed by atoms with van der Waals surface area (Å²) >= 11 is 6.58. The summed E-state index contributed by atoms with van der Waals surface area (Å²) < 4.78 is 2.11. The molecule has 3 rings (SSSR count). The van der Waals surface area contributed by atoms with Crippen molar-refractivity contribution in [3.8, 4) is 0 Å². The van der Waals surface area contributed by atoms with Crippen molar-refractivity contribution in [1.29, 1.82) is 0 Å². The summed E-state index contributed by atoms with van der Waals surface area (Å²) in [6.45, 7) is 14.5. The average Bonchev–Trinajstić information content (AvgIpc) is 2.88. The lowest BCUT2D eigenvalue weighted by atomic mass is 10.1. The van der Waals surface area contributed by atoms with E-state index in [1.54, 1.807) is 12.2 Å². The first-order valence-corrected chi connectivity index (χ1v) is 10.5. The van der Waals surface area contributed by atoms with Gasteiger partial charge in [0.1, 0.15) is 0 Å². The second-order valence-corrected chi connectivity index (χ2v) is 8.06. The van der Waals surface area contributed by atoms with Gasteiger partial charge in [-0.05, 0) is 45.4 Å². The smallest absolute Gasteiger partial charge is 0.257 e. The summed E-state index contributed by atoms with van der Waals surface area (Å²) in [5.41, 5.74) is 3.31. The first-order valence-electron chi connectivity index (χ1n) is 10.1. The number of carbonyl (C=O) groups excluding carboxylic acids is 1. The molecule has 154 valence electrons. The lowest BCUT2D eigenvalue weighted by molar-refractivity contribution is -0.112. The number of rotatable bonds is 6. The molecular weight excluding hydrogens is 384 g/mol. The zero-order valence-electron chi connectivity index (χ0n) is 17.2. The van der Waals surface area contributed by atoms with Gasteiger partial charge in [-0.2, -0.15) is 0 Å². The number of benzene rings is 1. The molecule has 1 aliphatic heterocycles. The monoisotopic (exact) mass is 412 g/mol. The first kappa shape index (κ1) is 21.3. The second-order valence-electron chi connectivity index (χ2n) is 7.66. The SMILES string of the molecule is C=C/C(=C\C)C(=O)Nc1nc2cccc(Cl)c2n1C1CCCCN(CC(=C)C)C1. The Morgan fingerprint density at radius 2 is 2.21 bits per heavy atom. The molecule has 1 saturated heterocycles. The molecule has 1 fully saturated rings. The number of fused-ring (bicyclic) bond motifs is 1. The Labute approximate surface area is 177 Å². The largest absolute Gasteiger partial charge is 0.304 e. The molecule has 0 radical (unpaired) electrons. The van der Waals surface area contributed by atoms with E-state index in [9.17, 15) is 4.79 Å². The van der Waals surface area contributed by atoms with Crippen LogP contribution in [0.5, 0.6) is 0 Å². The van der Waals surface area contributed by atoms with Gasteiger partial charge in [0.25, 0.3) is 5.91 Å². The van der Waals surface area contributed by atoms with Crippen molar-refractivity contribution in [2.75, 3.05) is 25.0 Å². The topological polar surface area (TPSA) is 50.2 Å². The maximum Gasteiger partial charge on any atom is 0.257 e. The van der Waals surface area contributed by atoms with Crippen LogP contribution >= 0.6 is 11.6 Å². The van der Waals surface area contributed by atoms with E-state index < -0.39 is 0 Å². The Bertz CT molecular complexity index is 959. The van der Waals surface area contributed by atoms with E-state index in [1.807, 2.05) is 25.1 Å². The summed E-state index contributed by atoms with van der Waals surface area (Å²) in [7, 11) is 0. The quantitative estimate of drug-likeness (QED) is 0.394. The van der Waals surface area contributed by atoms with Crippen LogP contribution in [0, 0.1) is 0 Å². The lowest BCUT2D eigenvalue weighted by Gasteiger charge is -2.27. The number of anilines is 1. The van der Waals surface area contributed by atoms with Crippen molar-refractivity contribution in [3.05, 3.63) is 59.7 Å². The van der Waals surface area contributed by atoms with Crippen molar-refractivity contribution >= 4 is 34.5 Å². The molecule has 6 heteroatoms. The summed E-state index contributed by atoms with van der Waals surface area (Å²) in [6.07, 6.45) is 6.55. The highest BCUT2D eigenvalue weighted by atomic mass is 35.5. The van der Waals surface area contributed by atoms with E-state index in [2.05, 4.69) is 34.9 Å². The Kier molecular flexibility index (Phi) is 6.93. The van der Waals surface area contributed by atoms with Gasteiger partial charge in [-0.25, -0.2) is 4.98 Å². The maximum absolute atomic E-state index is 12.7. The normalized spacial score (nSPS) is 18.4. The van der Waals surface area contributed by atoms with Crippen molar-refractivity contribution in [2.24, 2.45) is 0 Å². The van der Waals surface area contributed by atoms with E-state index >= 15 is 0 Å². The van der Waals surface area contributed by atoms with Gasteiger partial charge in [0.15, 0.2) is 0 Å². The first-order chi connectivity index (χ1) is 13.9. The number of hydrogen-bond donors (Lipinski definition) is 1. The molecule has 2 aromatic rings. The highest BCUT2D eigenvalue weighted by molar-refractivity contribution is 6.35. The Morgan fingerprint density at radius 3 is 2.90 bits per heavy atom. The Morgan fingerprint density at radius 1 is 1.41 bits per heavy atom. The van der Waals surface area contributed by atoms with Crippen molar-refractivity contribution in [3.63, 3.8) is 0 Å². The fraction of sp³-hybridized carbons (Fsp3) is 0.391. The number of halogens is 1.